The topological polar surface area (TPSA) is 86.3 Å². The summed E-state index contributed by atoms with van der Waals surface area (Å²) in [5.74, 6) is -1.72. The largest absolute Gasteiger partial charge is 0.481 e. The number of nitrogens with zero attached hydrogens (tertiary/aromatic N) is 2. The fourth-order valence-electron chi connectivity index (χ4n) is 1.93. The number of carbonyl (C=O) groups is 2. The quantitative estimate of drug-likeness (QED) is 0.870. The maximum absolute atomic E-state index is 12.3. The zero-order valence-electron chi connectivity index (χ0n) is 10.8. The molecule has 0 spiro atoms. The van der Waals surface area contributed by atoms with Crippen LogP contribution in [0.25, 0.3) is 10.9 Å². The Kier molecular flexibility index (Phi) is 3.50. The summed E-state index contributed by atoms with van der Waals surface area (Å²) < 4.78 is 0. The van der Waals surface area contributed by atoms with Crippen molar-refractivity contribution in [1.82, 2.24) is 15.1 Å². The molecule has 0 saturated carbocycles. The van der Waals surface area contributed by atoms with Crippen molar-refractivity contribution in [1.29, 1.82) is 0 Å². The van der Waals surface area contributed by atoms with Gasteiger partial charge in [-0.05, 0) is 12.1 Å². The monoisotopic (exact) mass is 261 g/mol. The van der Waals surface area contributed by atoms with Gasteiger partial charge in [0.2, 0.25) is 0 Å². The minimum atomic E-state index is -0.916. The first-order valence-corrected chi connectivity index (χ1v) is 5.91. The minimum absolute atomic E-state index is 0.169. The predicted octanol–water partition coefficient (Wildman–Crippen LogP) is 1.36. The van der Waals surface area contributed by atoms with E-state index in [2.05, 4.69) is 10.2 Å². The Labute approximate surface area is 110 Å². The lowest BCUT2D eigenvalue weighted by molar-refractivity contribution is -0.141. The Morgan fingerprint density at radius 3 is 2.89 bits per heavy atom. The third-order valence-electron chi connectivity index (χ3n) is 3.03. The van der Waals surface area contributed by atoms with E-state index < -0.39 is 11.9 Å². The van der Waals surface area contributed by atoms with Gasteiger partial charge in [-0.2, -0.15) is 5.10 Å². The van der Waals surface area contributed by atoms with Crippen molar-refractivity contribution in [2.45, 2.75) is 6.92 Å². The second-order valence-electron chi connectivity index (χ2n) is 4.56. The van der Waals surface area contributed by atoms with E-state index in [1.807, 2.05) is 6.07 Å². The number of aliphatic carboxylic acids is 1. The summed E-state index contributed by atoms with van der Waals surface area (Å²) in [6, 6.07) is 5.31. The molecule has 0 aliphatic rings. The summed E-state index contributed by atoms with van der Waals surface area (Å²) in [5, 5.41) is 16.3. The molecule has 1 amide bonds. The van der Waals surface area contributed by atoms with Gasteiger partial charge in [0.05, 0.1) is 23.2 Å². The van der Waals surface area contributed by atoms with Crippen LogP contribution < -0.4 is 0 Å². The van der Waals surface area contributed by atoms with Crippen molar-refractivity contribution >= 4 is 22.8 Å². The molecule has 6 nitrogen and oxygen atoms in total. The molecule has 19 heavy (non-hydrogen) atoms. The number of aromatic nitrogens is 2. The van der Waals surface area contributed by atoms with Crippen LogP contribution in [0.5, 0.6) is 0 Å². The molecule has 2 N–H and O–H groups in total. The average molecular weight is 261 g/mol. The van der Waals surface area contributed by atoms with Gasteiger partial charge < -0.3 is 10.0 Å². The molecule has 1 aromatic heterocycles. The molecule has 0 saturated heterocycles. The molecule has 100 valence electrons. The van der Waals surface area contributed by atoms with Gasteiger partial charge in [0.1, 0.15) is 0 Å². The average Bonchev–Trinajstić information content (AvgIpc) is 2.85. The third-order valence-corrected chi connectivity index (χ3v) is 3.03. The molecule has 6 heteroatoms. The van der Waals surface area contributed by atoms with Crippen molar-refractivity contribution in [3.8, 4) is 0 Å². The summed E-state index contributed by atoms with van der Waals surface area (Å²) in [7, 11) is 1.60. The van der Waals surface area contributed by atoms with Gasteiger partial charge in [-0.3, -0.25) is 14.7 Å². The summed E-state index contributed by atoms with van der Waals surface area (Å²) in [6.45, 7) is 1.74. The number of fused-ring (bicyclic) bond motifs is 1. The third kappa shape index (κ3) is 2.57. The Hall–Kier alpha value is -2.37. The lowest BCUT2D eigenvalue weighted by atomic mass is 10.1. The fourth-order valence-corrected chi connectivity index (χ4v) is 1.93. The van der Waals surface area contributed by atoms with Crippen LogP contribution in [-0.2, 0) is 4.79 Å². The van der Waals surface area contributed by atoms with Crippen LogP contribution in [-0.4, -0.2) is 45.7 Å². The normalized spacial score (nSPS) is 12.3. The number of carboxylic acid groups (broad SMARTS) is 1. The van der Waals surface area contributed by atoms with E-state index >= 15 is 0 Å². The van der Waals surface area contributed by atoms with Crippen LogP contribution in [0, 0.1) is 5.92 Å². The molecule has 1 atom stereocenters. The maximum Gasteiger partial charge on any atom is 0.308 e. The molecule has 2 rings (SSSR count). The SMILES string of the molecule is CC(CN(C)C(=O)c1cccc2[nH]ncc12)C(=O)O. The van der Waals surface area contributed by atoms with E-state index in [1.165, 1.54) is 4.90 Å². The van der Waals surface area contributed by atoms with E-state index in [0.717, 1.165) is 10.9 Å². The predicted molar refractivity (Wildman–Crippen MR) is 69.9 cm³/mol. The van der Waals surface area contributed by atoms with Crippen molar-refractivity contribution in [2.24, 2.45) is 5.92 Å². The fraction of sp³-hybridized carbons (Fsp3) is 0.308. The van der Waals surface area contributed by atoms with Gasteiger partial charge >= 0.3 is 5.97 Å². The number of amides is 1. The number of H-pyrrole nitrogens is 1. The first-order valence-electron chi connectivity index (χ1n) is 5.91. The van der Waals surface area contributed by atoms with Gasteiger partial charge in [0, 0.05) is 19.0 Å². The highest BCUT2D eigenvalue weighted by Crippen LogP contribution is 2.17. The Morgan fingerprint density at radius 1 is 1.47 bits per heavy atom. The van der Waals surface area contributed by atoms with Gasteiger partial charge in [-0.1, -0.05) is 13.0 Å². The van der Waals surface area contributed by atoms with Crippen molar-refractivity contribution < 1.29 is 14.7 Å². The number of nitrogens with one attached hydrogen (secondary N) is 1. The summed E-state index contributed by atoms with van der Waals surface area (Å²) in [5.41, 5.74) is 1.30. The lowest BCUT2D eigenvalue weighted by Crippen LogP contribution is -2.33. The lowest BCUT2D eigenvalue weighted by Gasteiger charge is -2.19. The van der Waals surface area contributed by atoms with Crippen LogP contribution in [0.15, 0.2) is 24.4 Å². The molecular weight excluding hydrogens is 246 g/mol. The number of hydrogen-bond donors (Lipinski definition) is 2. The smallest absolute Gasteiger partial charge is 0.308 e. The van der Waals surface area contributed by atoms with Gasteiger partial charge in [-0.15, -0.1) is 0 Å². The van der Waals surface area contributed by atoms with Crippen molar-refractivity contribution in [3.63, 3.8) is 0 Å². The Morgan fingerprint density at radius 2 is 2.21 bits per heavy atom. The molecule has 2 aromatic rings. The van der Waals surface area contributed by atoms with E-state index in [0.29, 0.717) is 5.56 Å². The second kappa shape index (κ2) is 5.09. The van der Waals surface area contributed by atoms with Gasteiger partial charge in [0.15, 0.2) is 0 Å². The van der Waals surface area contributed by atoms with Crippen LogP contribution in [0.3, 0.4) is 0 Å². The zero-order chi connectivity index (χ0) is 14.0. The second-order valence-corrected chi connectivity index (χ2v) is 4.56. The zero-order valence-corrected chi connectivity index (χ0v) is 10.8. The van der Waals surface area contributed by atoms with Crippen LogP contribution in [0.2, 0.25) is 0 Å². The molecule has 0 bridgehead atoms. The van der Waals surface area contributed by atoms with E-state index in [1.54, 1.807) is 32.3 Å². The summed E-state index contributed by atoms with van der Waals surface area (Å²) in [4.78, 5) is 24.5. The Balaban J connectivity index is 2.24. The van der Waals surface area contributed by atoms with E-state index in [9.17, 15) is 9.59 Å². The minimum Gasteiger partial charge on any atom is -0.481 e. The van der Waals surface area contributed by atoms with Crippen LogP contribution >= 0.6 is 0 Å². The van der Waals surface area contributed by atoms with Crippen LogP contribution in [0.4, 0.5) is 0 Å². The molecule has 0 fully saturated rings. The number of carbonyl (C=O) groups excluding carboxylic acids is 1. The number of rotatable bonds is 4. The van der Waals surface area contributed by atoms with Crippen LogP contribution in [0.1, 0.15) is 17.3 Å². The first-order chi connectivity index (χ1) is 9.00. The summed E-state index contributed by atoms with van der Waals surface area (Å²) >= 11 is 0. The molecule has 0 aliphatic heterocycles. The number of benzene rings is 1. The molecule has 1 unspecified atom stereocenters. The van der Waals surface area contributed by atoms with E-state index in [-0.39, 0.29) is 12.5 Å². The number of hydrogen-bond acceptors (Lipinski definition) is 3. The Bertz CT molecular complexity index is 620. The maximum atomic E-state index is 12.3. The molecule has 0 radical (unpaired) electrons. The summed E-state index contributed by atoms with van der Waals surface area (Å²) in [6.07, 6.45) is 1.59. The number of carboxylic acids is 1. The highest BCUT2D eigenvalue weighted by Gasteiger charge is 2.20. The standard InChI is InChI=1S/C13H15N3O3/c1-8(13(18)19)7-16(2)12(17)9-4-3-5-11-10(9)6-14-15-11/h3-6,8H,7H2,1-2H3,(H,14,15)(H,18,19). The van der Waals surface area contributed by atoms with Crippen molar-refractivity contribution in [3.05, 3.63) is 30.0 Å². The molecule has 0 aliphatic carbocycles. The number of aromatic amines is 1. The molecular formula is C13H15N3O3. The highest BCUT2D eigenvalue weighted by molar-refractivity contribution is 6.06. The molecule has 1 heterocycles. The van der Waals surface area contributed by atoms with Gasteiger partial charge in [-0.25, -0.2) is 0 Å². The van der Waals surface area contributed by atoms with Crippen molar-refractivity contribution in [2.75, 3.05) is 13.6 Å². The highest BCUT2D eigenvalue weighted by atomic mass is 16.4. The first kappa shape index (κ1) is 13.1. The van der Waals surface area contributed by atoms with E-state index in [4.69, 9.17) is 5.11 Å². The molecule has 1 aromatic carbocycles. The van der Waals surface area contributed by atoms with Gasteiger partial charge in [0.25, 0.3) is 5.91 Å².